The zero-order valence-corrected chi connectivity index (χ0v) is 9.54. The van der Waals surface area contributed by atoms with Crippen molar-refractivity contribution >= 4 is 6.08 Å². The standard InChI is InChI=1S/C12H13F3O2/c1-16-10-6-5-9(8-11(10)17-2)4-3-7-12(13,14)15/h3-6,8H,7H2,1-2H3/b4-3+. The van der Waals surface area contributed by atoms with E-state index in [-0.39, 0.29) is 0 Å². The highest BCUT2D eigenvalue weighted by atomic mass is 19.4. The molecule has 0 aromatic heterocycles. The van der Waals surface area contributed by atoms with Crippen LogP contribution >= 0.6 is 0 Å². The summed E-state index contributed by atoms with van der Waals surface area (Å²) in [5.74, 6) is 1.03. The monoisotopic (exact) mass is 246 g/mol. The maximum absolute atomic E-state index is 11.9. The molecule has 2 nitrogen and oxygen atoms in total. The molecule has 0 aliphatic carbocycles. The molecule has 17 heavy (non-hydrogen) atoms. The topological polar surface area (TPSA) is 18.5 Å². The minimum atomic E-state index is -4.17. The molecule has 1 rings (SSSR count). The molecule has 0 bridgehead atoms. The number of rotatable bonds is 4. The number of hydrogen-bond donors (Lipinski definition) is 0. The highest BCUT2D eigenvalue weighted by Crippen LogP contribution is 2.28. The third-order valence-electron chi connectivity index (χ3n) is 2.07. The Balaban J connectivity index is 2.79. The zero-order valence-electron chi connectivity index (χ0n) is 9.54. The number of allylic oxidation sites excluding steroid dienone is 1. The molecule has 0 unspecified atom stereocenters. The second-order valence-corrected chi connectivity index (χ2v) is 3.34. The molecule has 94 valence electrons. The van der Waals surface area contributed by atoms with Gasteiger partial charge in [-0.1, -0.05) is 18.2 Å². The third kappa shape index (κ3) is 4.38. The minimum absolute atomic E-state index is 0.488. The van der Waals surface area contributed by atoms with E-state index in [0.29, 0.717) is 17.1 Å². The molecular formula is C12H13F3O2. The first-order valence-corrected chi connectivity index (χ1v) is 4.91. The lowest BCUT2D eigenvalue weighted by atomic mass is 10.1. The van der Waals surface area contributed by atoms with Gasteiger partial charge in [0.25, 0.3) is 0 Å². The average molecular weight is 246 g/mol. The summed E-state index contributed by atoms with van der Waals surface area (Å²) in [5, 5.41) is 0. The number of ether oxygens (including phenoxy) is 2. The van der Waals surface area contributed by atoms with Gasteiger partial charge >= 0.3 is 6.18 Å². The van der Waals surface area contributed by atoms with Crippen LogP contribution in [0.1, 0.15) is 12.0 Å². The van der Waals surface area contributed by atoms with E-state index >= 15 is 0 Å². The maximum atomic E-state index is 11.9. The maximum Gasteiger partial charge on any atom is 0.392 e. The molecular weight excluding hydrogens is 233 g/mol. The van der Waals surface area contributed by atoms with Crippen LogP contribution in [0.25, 0.3) is 6.08 Å². The Hall–Kier alpha value is -1.65. The summed E-state index contributed by atoms with van der Waals surface area (Å²) in [7, 11) is 2.97. The molecule has 0 heterocycles. The van der Waals surface area contributed by atoms with Gasteiger partial charge in [0.15, 0.2) is 11.5 Å². The summed E-state index contributed by atoms with van der Waals surface area (Å²) in [6.45, 7) is 0. The molecule has 0 amide bonds. The molecule has 0 saturated carbocycles. The van der Waals surface area contributed by atoms with Gasteiger partial charge in [-0.2, -0.15) is 13.2 Å². The van der Waals surface area contributed by atoms with Crippen molar-refractivity contribution in [1.82, 2.24) is 0 Å². The summed E-state index contributed by atoms with van der Waals surface area (Å²) >= 11 is 0. The Morgan fingerprint density at radius 2 is 1.76 bits per heavy atom. The lowest BCUT2D eigenvalue weighted by molar-refractivity contribution is -0.124. The van der Waals surface area contributed by atoms with E-state index in [1.807, 2.05) is 0 Å². The number of hydrogen-bond acceptors (Lipinski definition) is 2. The largest absolute Gasteiger partial charge is 0.493 e. The normalized spacial score (nSPS) is 11.8. The fraction of sp³-hybridized carbons (Fsp3) is 0.333. The fourth-order valence-electron chi connectivity index (χ4n) is 1.29. The van der Waals surface area contributed by atoms with Crippen molar-refractivity contribution in [3.05, 3.63) is 29.8 Å². The van der Waals surface area contributed by atoms with Gasteiger partial charge in [0, 0.05) is 0 Å². The van der Waals surface area contributed by atoms with Crippen LogP contribution in [0, 0.1) is 0 Å². The van der Waals surface area contributed by atoms with E-state index in [2.05, 4.69) is 0 Å². The van der Waals surface area contributed by atoms with E-state index in [9.17, 15) is 13.2 Å². The Labute approximate surface area is 97.7 Å². The van der Waals surface area contributed by atoms with E-state index < -0.39 is 12.6 Å². The fourth-order valence-corrected chi connectivity index (χ4v) is 1.29. The lowest BCUT2D eigenvalue weighted by Gasteiger charge is -2.07. The third-order valence-corrected chi connectivity index (χ3v) is 2.07. The van der Waals surface area contributed by atoms with Crippen LogP contribution < -0.4 is 9.47 Å². The smallest absolute Gasteiger partial charge is 0.392 e. The van der Waals surface area contributed by atoms with Crippen LogP contribution in [0.15, 0.2) is 24.3 Å². The Morgan fingerprint density at radius 1 is 1.12 bits per heavy atom. The average Bonchev–Trinajstić information content (AvgIpc) is 2.27. The van der Waals surface area contributed by atoms with E-state index in [1.54, 1.807) is 18.2 Å². The molecule has 0 N–H and O–H groups in total. The van der Waals surface area contributed by atoms with Gasteiger partial charge in [-0.25, -0.2) is 0 Å². The highest BCUT2D eigenvalue weighted by Gasteiger charge is 2.24. The summed E-state index contributed by atoms with van der Waals surface area (Å²) < 4.78 is 45.8. The number of halogens is 3. The van der Waals surface area contributed by atoms with Crippen molar-refractivity contribution in [2.75, 3.05) is 14.2 Å². The van der Waals surface area contributed by atoms with Crippen molar-refractivity contribution in [1.29, 1.82) is 0 Å². The molecule has 1 aromatic rings. The number of alkyl halides is 3. The van der Waals surface area contributed by atoms with Gasteiger partial charge in [-0.05, 0) is 17.7 Å². The molecule has 5 heteroatoms. The van der Waals surface area contributed by atoms with Crippen molar-refractivity contribution < 1.29 is 22.6 Å². The lowest BCUT2D eigenvalue weighted by Crippen LogP contribution is -2.03. The zero-order chi connectivity index (χ0) is 12.9. The van der Waals surface area contributed by atoms with Crippen LogP contribution in [0.4, 0.5) is 13.2 Å². The Bertz CT molecular complexity index is 397. The van der Waals surface area contributed by atoms with Crippen LogP contribution in [0.3, 0.4) is 0 Å². The van der Waals surface area contributed by atoms with Gasteiger partial charge in [-0.3, -0.25) is 0 Å². The first kappa shape index (κ1) is 13.4. The van der Waals surface area contributed by atoms with Gasteiger partial charge in [0.2, 0.25) is 0 Å². The molecule has 0 saturated heterocycles. The summed E-state index contributed by atoms with van der Waals surface area (Å²) in [5.41, 5.74) is 0.631. The second-order valence-electron chi connectivity index (χ2n) is 3.34. The summed E-state index contributed by atoms with van der Waals surface area (Å²) in [6.07, 6.45) is -2.65. The molecule has 0 aliphatic rings. The molecule has 1 aromatic carbocycles. The first-order valence-electron chi connectivity index (χ1n) is 4.91. The SMILES string of the molecule is COc1ccc(/C=C/CC(F)(F)F)cc1OC. The quantitative estimate of drug-likeness (QED) is 0.807. The van der Waals surface area contributed by atoms with Crippen LogP contribution in [-0.4, -0.2) is 20.4 Å². The van der Waals surface area contributed by atoms with Gasteiger partial charge in [0.1, 0.15) is 0 Å². The van der Waals surface area contributed by atoms with Crippen molar-refractivity contribution in [2.24, 2.45) is 0 Å². The second kappa shape index (κ2) is 5.61. The van der Waals surface area contributed by atoms with Crippen molar-refractivity contribution in [3.63, 3.8) is 0 Å². The molecule has 0 radical (unpaired) electrons. The first-order chi connectivity index (χ1) is 7.96. The van der Waals surface area contributed by atoms with E-state index in [1.165, 1.54) is 20.3 Å². The molecule has 0 atom stereocenters. The van der Waals surface area contributed by atoms with Gasteiger partial charge < -0.3 is 9.47 Å². The molecule has 0 spiro atoms. The highest BCUT2D eigenvalue weighted by molar-refractivity contribution is 5.55. The van der Waals surface area contributed by atoms with Gasteiger partial charge in [-0.15, -0.1) is 0 Å². The van der Waals surface area contributed by atoms with Gasteiger partial charge in [0.05, 0.1) is 20.6 Å². The predicted octanol–water partition coefficient (Wildman–Crippen LogP) is 3.67. The van der Waals surface area contributed by atoms with E-state index in [4.69, 9.17) is 9.47 Å². The summed E-state index contributed by atoms with van der Waals surface area (Å²) in [6, 6.07) is 4.92. The number of benzene rings is 1. The van der Waals surface area contributed by atoms with Crippen LogP contribution in [-0.2, 0) is 0 Å². The molecule has 0 aliphatic heterocycles. The Kier molecular flexibility index (Phi) is 4.43. The van der Waals surface area contributed by atoms with E-state index in [0.717, 1.165) is 6.08 Å². The van der Waals surface area contributed by atoms with Crippen molar-refractivity contribution in [2.45, 2.75) is 12.6 Å². The minimum Gasteiger partial charge on any atom is -0.493 e. The van der Waals surface area contributed by atoms with Crippen LogP contribution in [0.5, 0.6) is 11.5 Å². The summed E-state index contributed by atoms with van der Waals surface area (Å²) in [4.78, 5) is 0. The van der Waals surface area contributed by atoms with Crippen molar-refractivity contribution in [3.8, 4) is 11.5 Å². The van der Waals surface area contributed by atoms with Crippen LogP contribution in [0.2, 0.25) is 0 Å². The predicted molar refractivity (Wildman–Crippen MR) is 59.3 cm³/mol. The Morgan fingerprint density at radius 3 is 2.29 bits per heavy atom. The number of methoxy groups -OCH3 is 2. The molecule has 0 fully saturated rings.